The van der Waals surface area contributed by atoms with E-state index in [9.17, 15) is 18.8 Å². The Kier molecular flexibility index (Phi) is 5.70. The summed E-state index contributed by atoms with van der Waals surface area (Å²) >= 11 is 0. The average Bonchev–Trinajstić information content (AvgIpc) is 2.69. The number of hydrogen-bond donors (Lipinski definition) is 2. The number of carboxylic acid groups (broad SMARTS) is 1. The number of aromatic carboxylic acids is 1. The van der Waals surface area contributed by atoms with Crippen LogP contribution in [0.4, 0.5) is 10.1 Å². The van der Waals surface area contributed by atoms with Crippen LogP contribution in [0.5, 0.6) is 0 Å². The van der Waals surface area contributed by atoms with Crippen LogP contribution in [0.25, 0.3) is 0 Å². The zero-order valence-electron chi connectivity index (χ0n) is 15.2. The molecule has 1 fully saturated rings. The quantitative estimate of drug-likeness (QED) is 0.842. The van der Waals surface area contributed by atoms with Gasteiger partial charge in [0.25, 0.3) is 11.8 Å². The second-order valence-corrected chi connectivity index (χ2v) is 6.34. The number of amides is 2. The highest BCUT2D eigenvalue weighted by Crippen LogP contribution is 2.22. The van der Waals surface area contributed by atoms with E-state index in [1.165, 1.54) is 0 Å². The fourth-order valence-electron chi connectivity index (χ4n) is 2.96. The zero-order chi connectivity index (χ0) is 20.3. The van der Waals surface area contributed by atoms with Crippen molar-refractivity contribution in [2.75, 3.05) is 31.6 Å². The van der Waals surface area contributed by atoms with E-state index in [2.05, 4.69) is 5.32 Å². The summed E-state index contributed by atoms with van der Waals surface area (Å²) in [5.41, 5.74) is 0.861. The number of hydrogen-bond acceptors (Lipinski definition) is 4. The molecule has 1 aliphatic heterocycles. The van der Waals surface area contributed by atoms with Crippen LogP contribution in [0.3, 0.4) is 0 Å². The van der Waals surface area contributed by atoms with Gasteiger partial charge in [0.05, 0.1) is 24.3 Å². The molecule has 3 rings (SSSR count). The molecule has 7 nitrogen and oxygen atoms in total. The standard InChI is InChI=1S/C20H19FN2O5/c1-12-14(19(25)23-7-9-28-10-8-23)3-2-4-17(12)22-18(24)15-6-5-13(20(26)27)11-16(15)21/h2-6,11H,7-10H2,1H3,(H,22,24)(H,26,27). The SMILES string of the molecule is Cc1c(NC(=O)c2ccc(C(=O)O)cc2F)cccc1C(=O)N1CCOCC1. The fourth-order valence-corrected chi connectivity index (χ4v) is 2.96. The van der Waals surface area contributed by atoms with E-state index >= 15 is 0 Å². The third kappa shape index (κ3) is 4.01. The van der Waals surface area contributed by atoms with E-state index in [0.29, 0.717) is 43.1 Å². The molecule has 146 valence electrons. The first-order chi connectivity index (χ1) is 13.4. The average molecular weight is 386 g/mol. The van der Waals surface area contributed by atoms with Gasteiger partial charge in [0.15, 0.2) is 0 Å². The Morgan fingerprint density at radius 1 is 1.11 bits per heavy atom. The minimum Gasteiger partial charge on any atom is -0.478 e. The molecule has 0 radical (unpaired) electrons. The molecule has 0 atom stereocenters. The molecular weight excluding hydrogens is 367 g/mol. The molecule has 1 aliphatic rings. The van der Waals surface area contributed by atoms with Gasteiger partial charge in [0.2, 0.25) is 0 Å². The lowest BCUT2D eigenvalue weighted by Gasteiger charge is -2.27. The van der Waals surface area contributed by atoms with Crippen LogP contribution in [0.15, 0.2) is 36.4 Å². The van der Waals surface area contributed by atoms with Crippen LogP contribution < -0.4 is 5.32 Å². The number of ether oxygens (including phenoxy) is 1. The molecule has 0 saturated carbocycles. The molecule has 0 bridgehead atoms. The van der Waals surface area contributed by atoms with Crippen molar-refractivity contribution in [2.24, 2.45) is 0 Å². The van der Waals surface area contributed by atoms with E-state index in [1.54, 1.807) is 30.0 Å². The van der Waals surface area contributed by atoms with Crippen LogP contribution >= 0.6 is 0 Å². The predicted molar refractivity (Wildman–Crippen MR) is 99.2 cm³/mol. The number of nitrogens with zero attached hydrogens (tertiary/aromatic N) is 1. The monoisotopic (exact) mass is 386 g/mol. The first kappa shape index (κ1) is 19.5. The van der Waals surface area contributed by atoms with Crippen molar-refractivity contribution in [1.29, 1.82) is 0 Å². The normalized spacial score (nSPS) is 13.9. The van der Waals surface area contributed by atoms with Gasteiger partial charge >= 0.3 is 5.97 Å². The van der Waals surface area contributed by atoms with Crippen molar-refractivity contribution in [3.05, 3.63) is 64.5 Å². The Balaban J connectivity index is 1.82. The lowest BCUT2D eigenvalue weighted by atomic mass is 10.0. The lowest BCUT2D eigenvalue weighted by molar-refractivity contribution is 0.0302. The number of anilines is 1. The zero-order valence-corrected chi connectivity index (χ0v) is 15.2. The summed E-state index contributed by atoms with van der Waals surface area (Å²) in [7, 11) is 0. The Hall–Kier alpha value is -3.26. The first-order valence-corrected chi connectivity index (χ1v) is 8.69. The summed E-state index contributed by atoms with van der Waals surface area (Å²) in [6.07, 6.45) is 0. The van der Waals surface area contributed by atoms with E-state index in [4.69, 9.17) is 9.84 Å². The number of carbonyl (C=O) groups is 3. The van der Waals surface area contributed by atoms with Gasteiger partial charge in [-0.25, -0.2) is 9.18 Å². The number of benzene rings is 2. The molecule has 2 N–H and O–H groups in total. The molecule has 0 aliphatic carbocycles. The number of carbonyl (C=O) groups excluding carboxylic acids is 2. The molecule has 8 heteroatoms. The molecule has 0 spiro atoms. The number of carboxylic acids is 1. The fraction of sp³-hybridized carbons (Fsp3) is 0.250. The van der Waals surface area contributed by atoms with Crippen LogP contribution in [0.2, 0.25) is 0 Å². The van der Waals surface area contributed by atoms with Gasteiger partial charge in [0.1, 0.15) is 5.82 Å². The molecule has 1 saturated heterocycles. The summed E-state index contributed by atoms with van der Waals surface area (Å²) in [4.78, 5) is 37.7. The minimum absolute atomic E-state index is 0.158. The summed E-state index contributed by atoms with van der Waals surface area (Å²) in [5, 5.41) is 11.5. The smallest absolute Gasteiger partial charge is 0.335 e. The molecule has 0 aromatic heterocycles. The van der Waals surface area contributed by atoms with E-state index in [-0.39, 0.29) is 17.0 Å². The second kappa shape index (κ2) is 8.18. The molecular formula is C20H19FN2O5. The molecule has 2 amide bonds. The van der Waals surface area contributed by atoms with Crippen molar-refractivity contribution in [2.45, 2.75) is 6.92 Å². The summed E-state index contributed by atoms with van der Waals surface area (Å²) < 4.78 is 19.4. The number of nitrogens with one attached hydrogen (secondary N) is 1. The molecule has 0 unspecified atom stereocenters. The van der Waals surface area contributed by atoms with Crippen LogP contribution in [0, 0.1) is 12.7 Å². The minimum atomic E-state index is -1.28. The van der Waals surface area contributed by atoms with Gasteiger partial charge in [-0.2, -0.15) is 0 Å². The Morgan fingerprint density at radius 3 is 2.46 bits per heavy atom. The van der Waals surface area contributed by atoms with E-state index in [0.717, 1.165) is 18.2 Å². The van der Waals surface area contributed by atoms with Crippen LogP contribution in [0.1, 0.15) is 36.6 Å². The van der Waals surface area contributed by atoms with Crippen LogP contribution in [-0.4, -0.2) is 54.1 Å². The van der Waals surface area contributed by atoms with Crippen molar-refractivity contribution in [3.63, 3.8) is 0 Å². The largest absolute Gasteiger partial charge is 0.478 e. The highest BCUT2D eigenvalue weighted by Gasteiger charge is 2.22. The molecule has 2 aromatic rings. The van der Waals surface area contributed by atoms with Crippen molar-refractivity contribution < 1.29 is 28.6 Å². The van der Waals surface area contributed by atoms with E-state index < -0.39 is 17.7 Å². The maximum absolute atomic E-state index is 14.1. The third-order valence-electron chi connectivity index (χ3n) is 4.57. The topological polar surface area (TPSA) is 95.9 Å². The van der Waals surface area contributed by atoms with Gasteiger partial charge in [-0.1, -0.05) is 6.07 Å². The third-order valence-corrected chi connectivity index (χ3v) is 4.57. The molecule has 28 heavy (non-hydrogen) atoms. The van der Waals surface area contributed by atoms with Gasteiger partial charge in [-0.3, -0.25) is 9.59 Å². The van der Waals surface area contributed by atoms with Gasteiger partial charge in [-0.15, -0.1) is 0 Å². The highest BCUT2D eigenvalue weighted by molar-refractivity contribution is 6.06. The number of morpholine rings is 1. The maximum atomic E-state index is 14.1. The number of rotatable bonds is 4. The Labute approximate surface area is 160 Å². The Morgan fingerprint density at radius 2 is 1.82 bits per heavy atom. The number of halogens is 1. The molecule has 2 aromatic carbocycles. The van der Waals surface area contributed by atoms with Crippen molar-refractivity contribution in [3.8, 4) is 0 Å². The van der Waals surface area contributed by atoms with E-state index in [1.807, 2.05) is 0 Å². The lowest BCUT2D eigenvalue weighted by Crippen LogP contribution is -2.41. The summed E-state index contributed by atoms with van der Waals surface area (Å²) in [5.74, 6) is -3.10. The van der Waals surface area contributed by atoms with Gasteiger partial charge in [-0.05, 0) is 42.8 Å². The maximum Gasteiger partial charge on any atom is 0.335 e. The first-order valence-electron chi connectivity index (χ1n) is 8.69. The van der Waals surface area contributed by atoms with Crippen molar-refractivity contribution >= 4 is 23.5 Å². The van der Waals surface area contributed by atoms with Gasteiger partial charge < -0.3 is 20.1 Å². The van der Waals surface area contributed by atoms with Crippen molar-refractivity contribution in [1.82, 2.24) is 4.90 Å². The van der Waals surface area contributed by atoms with Gasteiger partial charge in [0, 0.05) is 24.3 Å². The second-order valence-electron chi connectivity index (χ2n) is 6.34. The predicted octanol–water partition coefficient (Wildman–Crippen LogP) is 2.56. The molecule has 1 heterocycles. The summed E-state index contributed by atoms with van der Waals surface area (Å²) in [6.45, 7) is 3.65. The highest BCUT2D eigenvalue weighted by atomic mass is 19.1. The van der Waals surface area contributed by atoms with Crippen LogP contribution in [-0.2, 0) is 4.74 Å². The summed E-state index contributed by atoms with van der Waals surface area (Å²) in [6, 6.07) is 8.00. The Bertz CT molecular complexity index is 938.